The van der Waals surface area contributed by atoms with Crippen molar-refractivity contribution in [2.24, 2.45) is 10.8 Å². The third-order valence-electron chi connectivity index (χ3n) is 2.18. The SMILES string of the molecule is NNC(=NC1CC1)Nc1ccc(F)cc1F. The highest BCUT2D eigenvalue weighted by molar-refractivity contribution is 5.93. The van der Waals surface area contributed by atoms with Crippen LogP contribution in [0, 0.1) is 11.6 Å². The Morgan fingerprint density at radius 1 is 1.38 bits per heavy atom. The van der Waals surface area contributed by atoms with E-state index in [4.69, 9.17) is 5.84 Å². The van der Waals surface area contributed by atoms with Crippen molar-refractivity contribution in [3.8, 4) is 0 Å². The van der Waals surface area contributed by atoms with Gasteiger partial charge in [0, 0.05) is 6.07 Å². The summed E-state index contributed by atoms with van der Waals surface area (Å²) in [6, 6.07) is 3.51. The normalized spacial score (nSPS) is 16.1. The van der Waals surface area contributed by atoms with E-state index in [0.29, 0.717) is 0 Å². The van der Waals surface area contributed by atoms with Crippen molar-refractivity contribution in [1.29, 1.82) is 0 Å². The third-order valence-corrected chi connectivity index (χ3v) is 2.18. The van der Waals surface area contributed by atoms with E-state index in [1.54, 1.807) is 0 Å². The molecule has 0 atom stereocenters. The number of hydrazine groups is 1. The average Bonchev–Trinajstić information content (AvgIpc) is 3.04. The molecule has 4 nitrogen and oxygen atoms in total. The van der Waals surface area contributed by atoms with Crippen molar-refractivity contribution < 1.29 is 8.78 Å². The topological polar surface area (TPSA) is 62.4 Å². The molecule has 0 amide bonds. The quantitative estimate of drug-likeness (QED) is 0.309. The second-order valence-corrected chi connectivity index (χ2v) is 3.60. The first kappa shape index (κ1) is 10.8. The molecular formula is C10H12F2N4. The first-order valence-electron chi connectivity index (χ1n) is 4.95. The molecule has 1 fully saturated rings. The minimum absolute atomic E-state index is 0.138. The monoisotopic (exact) mass is 226 g/mol. The molecule has 86 valence electrons. The third kappa shape index (κ3) is 2.66. The molecule has 16 heavy (non-hydrogen) atoms. The summed E-state index contributed by atoms with van der Waals surface area (Å²) in [6.07, 6.45) is 2.03. The number of halogens is 2. The van der Waals surface area contributed by atoms with Gasteiger partial charge in [-0.15, -0.1) is 0 Å². The Labute approximate surface area is 91.5 Å². The number of aliphatic imine (C=N–C) groups is 1. The zero-order valence-corrected chi connectivity index (χ0v) is 8.50. The molecule has 1 aliphatic carbocycles. The standard InChI is InChI=1S/C10H12F2N4/c11-6-1-4-9(8(12)5-6)15-10(16-13)14-7-2-3-7/h1,4-5,7H,2-3,13H2,(H2,14,15,16). The fourth-order valence-corrected chi connectivity index (χ4v) is 1.21. The molecule has 0 saturated heterocycles. The molecule has 0 radical (unpaired) electrons. The number of nitrogens with two attached hydrogens (primary N) is 1. The Morgan fingerprint density at radius 2 is 2.12 bits per heavy atom. The first-order valence-corrected chi connectivity index (χ1v) is 4.95. The molecule has 0 spiro atoms. The Balaban J connectivity index is 2.12. The minimum Gasteiger partial charge on any atom is -0.323 e. The van der Waals surface area contributed by atoms with E-state index >= 15 is 0 Å². The van der Waals surface area contributed by atoms with Crippen LogP contribution in [0.1, 0.15) is 12.8 Å². The number of guanidine groups is 1. The zero-order valence-electron chi connectivity index (χ0n) is 8.50. The van der Waals surface area contributed by atoms with Crippen molar-refractivity contribution in [2.75, 3.05) is 5.32 Å². The fourth-order valence-electron chi connectivity index (χ4n) is 1.21. The van der Waals surface area contributed by atoms with Crippen LogP contribution in [-0.2, 0) is 0 Å². The molecule has 2 rings (SSSR count). The van der Waals surface area contributed by atoms with Gasteiger partial charge in [-0.25, -0.2) is 19.6 Å². The molecule has 1 aromatic rings. The largest absolute Gasteiger partial charge is 0.323 e. The van der Waals surface area contributed by atoms with Gasteiger partial charge in [-0.3, -0.25) is 5.43 Å². The highest BCUT2D eigenvalue weighted by atomic mass is 19.1. The highest BCUT2D eigenvalue weighted by Gasteiger charge is 2.21. The van der Waals surface area contributed by atoms with Crippen molar-refractivity contribution in [2.45, 2.75) is 18.9 Å². The van der Waals surface area contributed by atoms with Gasteiger partial charge < -0.3 is 5.32 Å². The number of nitrogens with one attached hydrogen (secondary N) is 2. The molecule has 1 saturated carbocycles. The maximum Gasteiger partial charge on any atom is 0.210 e. The molecule has 0 bridgehead atoms. The van der Waals surface area contributed by atoms with E-state index in [1.807, 2.05) is 0 Å². The lowest BCUT2D eigenvalue weighted by atomic mass is 10.3. The summed E-state index contributed by atoms with van der Waals surface area (Å²) in [5.74, 6) is 4.22. The molecule has 4 N–H and O–H groups in total. The number of benzene rings is 1. The molecule has 0 aromatic heterocycles. The van der Waals surface area contributed by atoms with Crippen molar-refractivity contribution >= 4 is 11.6 Å². The molecule has 0 unspecified atom stereocenters. The summed E-state index contributed by atoms with van der Waals surface area (Å²) in [6.45, 7) is 0. The lowest BCUT2D eigenvalue weighted by Gasteiger charge is -2.09. The zero-order chi connectivity index (χ0) is 11.5. The van der Waals surface area contributed by atoms with Crippen molar-refractivity contribution in [1.82, 2.24) is 5.43 Å². The van der Waals surface area contributed by atoms with E-state index in [9.17, 15) is 8.78 Å². The summed E-state index contributed by atoms with van der Waals surface area (Å²) in [5.41, 5.74) is 2.48. The first-order chi connectivity index (χ1) is 7.69. The fraction of sp³-hybridized carbons (Fsp3) is 0.300. The van der Waals surface area contributed by atoms with Crippen LogP contribution in [0.3, 0.4) is 0 Å². The number of anilines is 1. The van der Waals surface area contributed by atoms with Crippen LogP contribution in [-0.4, -0.2) is 12.0 Å². The maximum atomic E-state index is 13.3. The molecule has 1 aliphatic rings. The lowest BCUT2D eigenvalue weighted by molar-refractivity contribution is 0.586. The summed E-state index contributed by atoms with van der Waals surface area (Å²) >= 11 is 0. The smallest absolute Gasteiger partial charge is 0.210 e. The summed E-state index contributed by atoms with van der Waals surface area (Å²) in [7, 11) is 0. The summed E-state index contributed by atoms with van der Waals surface area (Å²) in [4.78, 5) is 4.17. The van der Waals surface area contributed by atoms with E-state index in [0.717, 1.165) is 25.0 Å². The van der Waals surface area contributed by atoms with Gasteiger partial charge in [-0.2, -0.15) is 0 Å². The van der Waals surface area contributed by atoms with Crippen LogP contribution in [0.5, 0.6) is 0 Å². The maximum absolute atomic E-state index is 13.3. The number of nitrogens with zero attached hydrogens (tertiary/aromatic N) is 1. The van der Waals surface area contributed by atoms with Gasteiger partial charge in [0.05, 0.1) is 11.7 Å². The molecule has 6 heteroatoms. The Hall–Kier alpha value is -1.69. The van der Waals surface area contributed by atoms with Gasteiger partial charge in [0.25, 0.3) is 0 Å². The summed E-state index contributed by atoms with van der Waals surface area (Å²) in [5, 5.41) is 2.67. The van der Waals surface area contributed by atoms with Crippen LogP contribution in [0.15, 0.2) is 23.2 Å². The van der Waals surface area contributed by atoms with Crippen LogP contribution in [0.25, 0.3) is 0 Å². The molecular weight excluding hydrogens is 214 g/mol. The highest BCUT2D eigenvalue weighted by Crippen LogP contribution is 2.23. The predicted octanol–water partition coefficient (Wildman–Crippen LogP) is 1.36. The van der Waals surface area contributed by atoms with E-state index < -0.39 is 11.6 Å². The Kier molecular flexibility index (Phi) is 3.00. The molecule has 1 aromatic carbocycles. The van der Waals surface area contributed by atoms with Gasteiger partial charge in [0.1, 0.15) is 11.6 Å². The van der Waals surface area contributed by atoms with Crippen LogP contribution in [0.2, 0.25) is 0 Å². The van der Waals surface area contributed by atoms with Crippen LogP contribution >= 0.6 is 0 Å². The van der Waals surface area contributed by atoms with Crippen LogP contribution in [0.4, 0.5) is 14.5 Å². The van der Waals surface area contributed by atoms with Crippen molar-refractivity contribution in [3.63, 3.8) is 0 Å². The summed E-state index contributed by atoms with van der Waals surface area (Å²) < 4.78 is 25.9. The second kappa shape index (κ2) is 4.44. The Morgan fingerprint density at radius 3 is 2.69 bits per heavy atom. The van der Waals surface area contributed by atoms with E-state index in [-0.39, 0.29) is 17.7 Å². The molecule has 0 heterocycles. The van der Waals surface area contributed by atoms with Gasteiger partial charge in [0.2, 0.25) is 5.96 Å². The van der Waals surface area contributed by atoms with Gasteiger partial charge in [-0.1, -0.05) is 0 Å². The lowest BCUT2D eigenvalue weighted by Crippen LogP contribution is -2.36. The van der Waals surface area contributed by atoms with E-state index in [2.05, 4.69) is 15.7 Å². The Bertz CT molecular complexity index is 415. The number of rotatable bonds is 2. The van der Waals surface area contributed by atoms with Crippen molar-refractivity contribution in [3.05, 3.63) is 29.8 Å². The minimum atomic E-state index is -0.682. The van der Waals surface area contributed by atoms with Gasteiger partial charge in [-0.05, 0) is 25.0 Å². The van der Waals surface area contributed by atoms with Gasteiger partial charge in [0.15, 0.2) is 0 Å². The van der Waals surface area contributed by atoms with Crippen LogP contribution < -0.4 is 16.6 Å². The van der Waals surface area contributed by atoms with Gasteiger partial charge >= 0.3 is 0 Å². The number of hydrogen-bond acceptors (Lipinski definition) is 2. The molecule has 0 aliphatic heterocycles. The second-order valence-electron chi connectivity index (χ2n) is 3.60. The number of hydrogen-bond donors (Lipinski definition) is 3. The predicted molar refractivity (Wildman–Crippen MR) is 57.8 cm³/mol. The average molecular weight is 226 g/mol. The van der Waals surface area contributed by atoms with E-state index in [1.165, 1.54) is 6.07 Å².